The lowest BCUT2D eigenvalue weighted by Crippen LogP contribution is -2.43. The number of hydrogen-bond acceptors (Lipinski definition) is 5. The van der Waals surface area contributed by atoms with Crippen molar-refractivity contribution < 1.29 is 14.3 Å². The van der Waals surface area contributed by atoms with Crippen LogP contribution in [-0.2, 0) is 9.53 Å². The molecule has 114 valence electrons. The molecule has 0 unspecified atom stereocenters. The van der Waals surface area contributed by atoms with Gasteiger partial charge < -0.3 is 9.64 Å². The number of likely N-dealkylation sites (tertiary alicyclic amines) is 1. The molecule has 1 aromatic heterocycles. The summed E-state index contributed by atoms with van der Waals surface area (Å²) in [6.07, 6.45) is 3.25. The van der Waals surface area contributed by atoms with E-state index in [4.69, 9.17) is 4.74 Å². The highest BCUT2D eigenvalue weighted by Gasteiger charge is 2.50. The van der Waals surface area contributed by atoms with E-state index in [-0.39, 0.29) is 17.8 Å². The summed E-state index contributed by atoms with van der Waals surface area (Å²) in [4.78, 5) is 31.7. The maximum absolute atomic E-state index is 12.8. The fourth-order valence-corrected chi connectivity index (χ4v) is 4.67. The van der Waals surface area contributed by atoms with Crippen LogP contribution in [0.2, 0.25) is 0 Å². The molecule has 0 aromatic carbocycles. The van der Waals surface area contributed by atoms with Crippen molar-refractivity contribution in [2.45, 2.75) is 39.2 Å². The maximum Gasteiger partial charge on any atom is 0.328 e. The predicted octanol–water partition coefficient (Wildman–Crippen LogP) is 2.17. The Morgan fingerprint density at radius 1 is 1.33 bits per heavy atom. The smallest absolute Gasteiger partial charge is 0.328 e. The Balaban J connectivity index is 1.91. The summed E-state index contributed by atoms with van der Waals surface area (Å²) in [7, 11) is 1.40. The van der Waals surface area contributed by atoms with Gasteiger partial charge in [0.05, 0.1) is 17.8 Å². The molecule has 1 aliphatic carbocycles. The third kappa shape index (κ3) is 2.35. The first-order valence-electron chi connectivity index (χ1n) is 7.35. The lowest BCUT2D eigenvalue weighted by Gasteiger charge is -2.25. The van der Waals surface area contributed by atoms with E-state index in [1.54, 1.807) is 4.90 Å². The second-order valence-electron chi connectivity index (χ2n) is 5.93. The monoisotopic (exact) mass is 308 g/mol. The van der Waals surface area contributed by atoms with Crippen LogP contribution in [0.1, 0.15) is 39.6 Å². The zero-order chi connectivity index (χ0) is 15.1. The maximum atomic E-state index is 12.8. The van der Waals surface area contributed by atoms with Crippen molar-refractivity contribution in [1.82, 2.24) is 9.88 Å². The van der Waals surface area contributed by atoms with Crippen molar-refractivity contribution in [3.05, 3.63) is 15.6 Å². The Labute approximate surface area is 128 Å². The molecule has 1 aliphatic heterocycles. The zero-order valence-electron chi connectivity index (χ0n) is 12.6. The molecule has 0 bridgehead atoms. The van der Waals surface area contributed by atoms with E-state index >= 15 is 0 Å². The van der Waals surface area contributed by atoms with Gasteiger partial charge in [-0.15, -0.1) is 11.3 Å². The van der Waals surface area contributed by atoms with Gasteiger partial charge in [0.2, 0.25) is 0 Å². The molecule has 5 nitrogen and oxygen atoms in total. The highest BCUT2D eigenvalue weighted by atomic mass is 32.1. The number of esters is 1. The second kappa shape index (κ2) is 5.40. The highest BCUT2D eigenvalue weighted by Crippen LogP contribution is 2.43. The SMILES string of the molecule is COC(=O)[C@@H]1[C@H]2CCC[C@@H]2CN1C(=O)c1sc(C)nc1C. The minimum Gasteiger partial charge on any atom is -0.467 e. The van der Waals surface area contributed by atoms with Gasteiger partial charge in [-0.3, -0.25) is 4.79 Å². The van der Waals surface area contributed by atoms with Crippen LogP contribution in [0.25, 0.3) is 0 Å². The van der Waals surface area contributed by atoms with Crippen LogP contribution in [0.4, 0.5) is 0 Å². The van der Waals surface area contributed by atoms with Crippen molar-refractivity contribution in [2.24, 2.45) is 11.8 Å². The van der Waals surface area contributed by atoms with Crippen LogP contribution >= 0.6 is 11.3 Å². The molecule has 1 amide bonds. The lowest BCUT2D eigenvalue weighted by atomic mass is 9.94. The van der Waals surface area contributed by atoms with E-state index in [0.717, 1.165) is 30.0 Å². The average Bonchev–Trinajstić information content (AvgIpc) is 3.10. The van der Waals surface area contributed by atoms with Crippen molar-refractivity contribution in [3.8, 4) is 0 Å². The molecular formula is C15H20N2O3S. The predicted molar refractivity (Wildman–Crippen MR) is 79.3 cm³/mol. The van der Waals surface area contributed by atoms with E-state index in [2.05, 4.69) is 4.98 Å². The summed E-state index contributed by atoms with van der Waals surface area (Å²) in [5, 5.41) is 0.879. The summed E-state index contributed by atoms with van der Waals surface area (Å²) < 4.78 is 4.95. The van der Waals surface area contributed by atoms with Crippen LogP contribution in [0.3, 0.4) is 0 Å². The highest BCUT2D eigenvalue weighted by molar-refractivity contribution is 7.13. The number of aryl methyl sites for hydroxylation is 2. The summed E-state index contributed by atoms with van der Waals surface area (Å²) in [6, 6.07) is -0.420. The Bertz CT molecular complexity index is 583. The molecule has 2 aliphatic rings. The molecule has 0 spiro atoms. The average molecular weight is 308 g/mol. The number of fused-ring (bicyclic) bond motifs is 1. The molecular weight excluding hydrogens is 288 g/mol. The Kier molecular flexibility index (Phi) is 3.73. The molecule has 3 atom stereocenters. The standard InChI is InChI=1S/C15H20N2O3S/c1-8-13(21-9(2)16-8)14(18)17-7-10-5-4-6-11(10)12(17)15(19)20-3/h10-12H,4-7H2,1-3H3/t10-,11+,12+/m1/s1. The van der Waals surface area contributed by atoms with Crippen molar-refractivity contribution in [2.75, 3.05) is 13.7 Å². The lowest BCUT2D eigenvalue weighted by molar-refractivity contribution is -0.146. The van der Waals surface area contributed by atoms with Gasteiger partial charge in [-0.1, -0.05) is 6.42 Å². The van der Waals surface area contributed by atoms with Gasteiger partial charge in [-0.25, -0.2) is 9.78 Å². The van der Waals surface area contributed by atoms with Gasteiger partial charge in [0.1, 0.15) is 10.9 Å². The van der Waals surface area contributed by atoms with Gasteiger partial charge in [0.25, 0.3) is 5.91 Å². The zero-order valence-corrected chi connectivity index (χ0v) is 13.4. The number of ether oxygens (including phenoxy) is 1. The normalized spacial score (nSPS) is 27.8. The number of hydrogen-bond donors (Lipinski definition) is 0. The van der Waals surface area contributed by atoms with E-state index < -0.39 is 6.04 Å². The molecule has 3 rings (SSSR count). The first kappa shape index (κ1) is 14.5. The Hall–Kier alpha value is -1.43. The first-order chi connectivity index (χ1) is 10.0. The molecule has 1 saturated heterocycles. The second-order valence-corrected chi connectivity index (χ2v) is 7.13. The third-order valence-corrected chi connectivity index (χ3v) is 5.75. The minimum atomic E-state index is -0.420. The van der Waals surface area contributed by atoms with Crippen molar-refractivity contribution in [1.29, 1.82) is 0 Å². The van der Waals surface area contributed by atoms with Crippen LogP contribution in [0, 0.1) is 25.7 Å². The largest absolute Gasteiger partial charge is 0.467 e. The van der Waals surface area contributed by atoms with Crippen molar-refractivity contribution in [3.63, 3.8) is 0 Å². The molecule has 0 N–H and O–H groups in total. The quantitative estimate of drug-likeness (QED) is 0.786. The van der Waals surface area contributed by atoms with Crippen LogP contribution in [0.5, 0.6) is 0 Å². The van der Waals surface area contributed by atoms with E-state index in [9.17, 15) is 9.59 Å². The van der Waals surface area contributed by atoms with E-state index in [1.165, 1.54) is 18.4 Å². The Morgan fingerprint density at radius 2 is 2.10 bits per heavy atom. The minimum absolute atomic E-state index is 0.0668. The van der Waals surface area contributed by atoms with Gasteiger partial charge in [0, 0.05) is 6.54 Å². The number of methoxy groups -OCH3 is 1. The van der Waals surface area contributed by atoms with Gasteiger partial charge in [0.15, 0.2) is 0 Å². The summed E-state index contributed by atoms with van der Waals surface area (Å²) in [6.45, 7) is 4.41. The molecule has 1 aromatic rings. The number of carbonyl (C=O) groups is 2. The van der Waals surface area contributed by atoms with Gasteiger partial charge in [-0.05, 0) is 38.5 Å². The molecule has 0 radical (unpaired) electrons. The number of thiazole rings is 1. The number of nitrogens with zero attached hydrogens (tertiary/aromatic N) is 2. The molecule has 1 saturated carbocycles. The van der Waals surface area contributed by atoms with Crippen molar-refractivity contribution >= 4 is 23.2 Å². The number of rotatable bonds is 2. The molecule has 21 heavy (non-hydrogen) atoms. The van der Waals surface area contributed by atoms with E-state index in [0.29, 0.717) is 17.3 Å². The number of carbonyl (C=O) groups excluding carboxylic acids is 2. The van der Waals surface area contributed by atoms with Crippen LogP contribution < -0.4 is 0 Å². The summed E-state index contributed by atoms with van der Waals surface area (Å²) in [5.74, 6) is 0.350. The van der Waals surface area contributed by atoms with E-state index in [1.807, 2.05) is 13.8 Å². The fourth-order valence-electron chi connectivity index (χ4n) is 3.80. The summed E-state index contributed by atoms with van der Waals surface area (Å²) in [5.41, 5.74) is 0.753. The van der Waals surface area contributed by atoms with Gasteiger partial charge >= 0.3 is 5.97 Å². The molecule has 2 heterocycles. The van der Waals surface area contributed by atoms with Crippen LogP contribution in [0.15, 0.2) is 0 Å². The summed E-state index contributed by atoms with van der Waals surface area (Å²) >= 11 is 1.40. The first-order valence-corrected chi connectivity index (χ1v) is 8.17. The molecule has 6 heteroatoms. The third-order valence-electron chi connectivity index (χ3n) is 4.69. The molecule has 2 fully saturated rings. The number of amides is 1. The fraction of sp³-hybridized carbons (Fsp3) is 0.667. The van der Waals surface area contributed by atoms with Gasteiger partial charge in [-0.2, -0.15) is 0 Å². The number of aromatic nitrogens is 1. The van der Waals surface area contributed by atoms with Crippen LogP contribution in [-0.4, -0.2) is 41.5 Å². The topological polar surface area (TPSA) is 59.5 Å². The Morgan fingerprint density at radius 3 is 2.71 bits per heavy atom.